The quantitative estimate of drug-likeness (QED) is 0.888. The van der Waals surface area contributed by atoms with Gasteiger partial charge in [0.2, 0.25) is 10.0 Å². The number of ether oxygens (including phenoxy) is 1. The van der Waals surface area contributed by atoms with Crippen LogP contribution in [0.4, 0.5) is 0 Å². The third kappa shape index (κ3) is 2.92. The van der Waals surface area contributed by atoms with Crippen molar-refractivity contribution < 1.29 is 17.9 Å². The second kappa shape index (κ2) is 5.13. The molecule has 0 unspecified atom stereocenters. The van der Waals surface area contributed by atoms with Gasteiger partial charge in [-0.2, -0.15) is 0 Å². The molecule has 1 aromatic rings. The number of halogens is 1. The number of nitrogens with zero attached hydrogens (tertiary/aromatic N) is 1. The zero-order chi connectivity index (χ0) is 14.1. The lowest BCUT2D eigenvalue weighted by atomic mass is 10.2. The van der Waals surface area contributed by atoms with Gasteiger partial charge in [-0.1, -0.05) is 11.6 Å². The molecule has 0 fully saturated rings. The minimum atomic E-state index is -4.03. The first-order valence-electron chi connectivity index (χ1n) is 4.80. The van der Waals surface area contributed by atoms with E-state index in [-0.39, 0.29) is 21.2 Å². The Balaban J connectivity index is 3.63. The molecule has 1 rings (SSSR count). The fourth-order valence-electron chi connectivity index (χ4n) is 1.39. The molecule has 0 radical (unpaired) electrons. The van der Waals surface area contributed by atoms with Gasteiger partial charge in [-0.05, 0) is 12.1 Å². The summed E-state index contributed by atoms with van der Waals surface area (Å²) in [7, 11) is 0.279. The lowest BCUT2D eigenvalue weighted by Crippen LogP contribution is -2.23. The van der Waals surface area contributed by atoms with E-state index in [1.807, 2.05) is 0 Å². The third-order valence-electron chi connectivity index (χ3n) is 2.17. The van der Waals surface area contributed by atoms with Gasteiger partial charge in [0.05, 0.1) is 12.7 Å². The maximum absolute atomic E-state index is 11.9. The molecule has 0 aromatic heterocycles. The van der Waals surface area contributed by atoms with Crippen LogP contribution in [0.25, 0.3) is 0 Å². The fraction of sp³-hybridized carbons (Fsp3) is 0.300. The van der Waals surface area contributed by atoms with E-state index in [9.17, 15) is 13.2 Å². The number of nitrogens with two attached hydrogens (primary N) is 1. The molecule has 0 spiro atoms. The highest BCUT2D eigenvalue weighted by atomic mass is 35.5. The number of methoxy groups -OCH3 is 1. The zero-order valence-corrected chi connectivity index (χ0v) is 11.7. The molecule has 1 amide bonds. The maximum atomic E-state index is 11.9. The fourth-order valence-corrected chi connectivity index (χ4v) is 2.42. The van der Waals surface area contributed by atoms with E-state index in [4.69, 9.17) is 21.5 Å². The van der Waals surface area contributed by atoms with Gasteiger partial charge in [0.15, 0.2) is 5.75 Å². The topological polar surface area (TPSA) is 89.7 Å². The monoisotopic (exact) mass is 292 g/mol. The van der Waals surface area contributed by atoms with Crippen LogP contribution >= 0.6 is 11.6 Å². The van der Waals surface area contributed by atoms with Gasteiger partial charge in [-0.15, -0.1) is 0 Å². The summed E-state index contributed by atoms with van der Waals surface area (Å²) in [4.78, 5) is 12.9. The minimum Gasteiger partial charge on any atom is -0.494 e. The zero-order valence-electron chi connectivity index (χ0n) is 10.1. The molecule has 18 heavy (non-hydrogen) atoms. The Labute approximate surface area is 110 Å². The summed E-state index contributed by atoms with van der Waals surface area (Å²) in [6.07, 6.45) is 0. The Morgan fingerprint density at radius 1 is 1.39 bits per heavy atom. The van der Waals surface area contributed by atoms with Crippen molar-refractivity contribution in [1.82, 2.24) is 4.90 Å². The smallest absolute Gasteiger partial charge is 0.257 e. The molecule has 0 aliphatic rings. The normalized spacial score (nSPS) is 11.2. The van der Waals surface area contributed by atoms with Crippen molar-refractivity contribution in [2.24, 2.45) is 5.14 Å². The van der Waals surface area contributed by atoms with Crippen LogP contribution in [0.15, 0.2) is 17.0 Å². The first-order valence-corrected chi connectivity index (χ1v) is 6.73. The number of carbonyl (C=O) groups is 1. The summed E-state index contributed by atoms with van der Waals surface area (Å²) in [6.45, 7) is 0. The molecule has 0 saturated heterocycles. The molecule has 0 atom stereocenters. The van der Waals surface area contributed by atoms with Crippen LogP contribution in [0.2, 0.25) is 5.02 Å². The van der Waals surface area contributed by atoms with Crippen molar-refractivity contribution in [3.05, 3.63) is 22.7 Å². The molecule has 0 aliphatic heterocycles. The minimum absolute atomic E-state index is 0.0408. The highest BCUT2D eigenvalue weighted by molar-refractivity contribution is 7.89. The molecule has 1 aromatic carbocycles. The predicted octanol–water partition coefficient (Wildman–Crippen LogP) is 0.698. The van der Waals surface area contributed by atoms with Gasteiger partial charge < -0.3 is 9.64 Å². The molecule has 2 N–H and O–H groups in total. The van der Waals surface area contributed by atoms with Crippen LogP contribution < -0.4 is 9.88 Å². The lowest BCUT2D eigenvalue weighted by Gasteiger charge is -2.16. The number of primary sulfonamides is 1. The highest BCUT2D eigenvalue weighted by Crippen LogP contribution is 2.31. The van der Waals surface area contributed by atoms with Crippen LogP contribution in [0, 0.1) is 0 Å². The summed E-state index contributed by atoms with van der Waals surface area (Å²) in [5.74, 6) is -0.542. The van der Waals surface area contributed by atoms with Crippen molar-refractivity contribution in [3.63, 3.8) is 0 Å². The van der Waals surface area contributed by atoms with E-state index >= 15 is 0 Å². The summed E-state index contributed by atoms with van der Waals surface area (Å²) >= 11 is 5.79. The van der Waals surface area contributed by atoms with E-state index in [2.05, 4.69) is 0 Å². The molecule has 0 aliphatic carbocycles. The molecule has 0 saturated carbocycles. The van der Waals surface area contributed by atoms with Crippen LogP contribution in [-0.4, -0.2) is 40.4 Å². The summed E-state index contributed by atoms with van der Waals surface area (Å²) in [6, 6.07) is 2.47. The molecule has 100 valence electrons. The number of amides is 1. The molecule has 0 heterocycles. The Kier molecular flexibility index (Phi) is 4.20. The molecule has 8 heteroatoms. The van der Waals surface area contributed by atoms with Crippen molar-refractivity contribution in [1.29, 1.82) is 0 Å². The number of hydrogen-bond donors (Lipinski definition) is 1. The average Bonchev–Trinajstić information content (AvgIpc) is 2.25. The lowest BCUT2D eigenvalue weighted by molar-refractivity contribution is 0.0824. The van der Waals surface area contributed by atoms with E-state index in [1.165, 1.54) is 32.2 Å². The van der Waals surface area contributed by atoms with Crippen molar-refractivity contribution in [2.75, 3.05) is 21.2 Å². The van der Waals surface area contributed by atoms with E-state index in [0.29, 0.717) is 0 Å². The Morgan fingerprint density at radius 3 is 2.33 bits per heavy atom. The number of sulfonamides is 1. The first-order chi connectivity index (χ1) is 8.18. The van der Waals surface area contributed by atoms with E-state index in [1.54, 1.807) is 0 Å². The van der Waals surface area contributed by atoms with Gasteiger partial charge in [0.25, 0.3) is 5.91 Å². The van der Waals surface area contributed by atoms with Crippen molar-refractivity contribution in [3.8, 4) is 5.75 Å². The number of benzene rings is 1. The molecular formula is C10H13ClN2O4S. The van der Waals surface area contributed by atoms with Gasteiger partial charge in [-0.3, -0.25) is 4.79 Å². The van der Waals surface area contributed by atoms with Gasteiger partial charge >= 0.3 is 0 Å². The number of hydrogen-bond acceptors (Lipinski definition) is 4. The molecule has 6 nitrogen and oxygen atoms in total. The Bertz CT molecular complexity index is 584. The molecule has 0 bridgehead atoms. The van der Waals surface area contributed by atoms with Crippen LogP contribution in [0.5, 0.6) is 5.75 Å². The van der Waals surface area contributed by atoms with E-state index in [0.717, 1.165) is 6.07 Å². The van der Waals surface area contributed by atoms with Gasteiger partial charge in [0.1, 0.15) is 4.90 Å². The summed E-state index contributed by atoms with van der Waals surface area (Å²) < 4.78 is 27.8. The predicted molar refractivity (Wildman–Crippen MR) is 67.4 cm³/mol. The van der Waals surface area contributed by atoms with Crippen LogP contribution in [-0.2, 0) is 10.0 Å². The number of carbonyl (C=O) groups excluding carboxylic acids is 1. The van der Waals surface area contributed by atoms with Crippen molar-refractivity contribution in [2.45, 2.75) is 4.90 Å². The number of rotatable bonds is 3. The standard InChI is InChI=1S/C10H13ClN2O4S/c1-13(2)10(14)7-4-6(11)5-8(9(7)17-3)18(12,15)16/h4-5H,1-3H3,(H2,12,15,16). The van der Waals surface area contributed by atoms with Gasteiger partial charge in [0, 0.05) is 19.1 Å². The Hall–Kier alpha value is -1.31. The van der Waals surface area contributed by atoms with Crippen LogP contribution in [0.3, 0.4) is 0 Å². The van der Waals surface area contributed by atoms with E-state index < -0.39 is 15.9 Å². The second-order valence-corrected chi connectivity index (χ2v) is 5.70. The molecular weight excluding hydrogens is 280 g/mol. The summed E-state index contributed by atoms with van der Waals surface area (Å²) in [5, 5.41) is 5.14. The largest absolute Gasteiger partial charge is 0.494 e. The SMILES string of the molecule is COc1c(C(=O)N(C)C)cc(Cl)cc1S(N)(=O)=O. The first kappa shape index (κ1) is 14.7. The summed E-state index contributed by atoms with van der Waals surface area (Å²) in [5.41, 5.74) is 0.0408. The van der Waals surface area contributed by atoms with Crippen LogP contribution in [0.1, 0.15) is 10.4 Å². The third-order valence-corrected chi connectivity index (χ3v) is 3.30. The Morgan fingerprint density at radius 2 is 1.94 bits per heavy atom. The maximum Gasteiger partial charge on any atom is 0.257 e. The second-order valence-electron chi connectivity index (χ2n) is 3.73. The van der Waals surface area contributed by atoms with Crippen molar-refractivity contribution >= 4 is 27.5 Å². The average molecular weight is 293 g/mol. The highest BCUT2D eigenvalue weighted by Gasteiger charge is 2.24. The van der Waals surface area contributed by atoms with Gasteiger partial charge in [-0.25, -0.2) is 13.6 Å².